The van der Waals surface area contributed by atoms with Gasteiger partial charge in [-0.15, -0.1) is 0 Å². The van der Waals surface area contributed by atoms with Crippen LogP contribution in [-0.2, 0) is 26.7 Å². The summed E-state index contributed by atoms with van der Waals surface area (Å²) in [4.78, 5) is 0. The molecule has 0 saturated carbocycles. The lowest BCUT2D eigenvalue weighted by Crippen LogP contribution is -2.55. The quantitative estimate of drug-likeness (QED) is 0.127. The summed E-state index contributed by atoms with van der Waals surface area (Å²) in [5, 5.41) is 9.63. The predicted octanol–water partition coefficient (Wildman–Crippen LogP) is 9.58. The van der Waals surface area contributed by atoms with Crippen molar-refractivity contribution in [2.24, 2.45) is 0 Å². The number of hydrogen-bond donors (Lipinski definition) is 1. The third kappa shape index (κ3) is 11.6. The first kappa shape index (κ1) is 41.8. The summed E-state index contributed by atoms with van der Waals surface area (Å²) >= 11 is 0. The number of aliphatic hydroxyl groups is 1. The van der Waals surface area contributed by atoms with Gasteiger partial charge in [-0.1, -0.05) is 84.9 Å². The minimum atomic E-state index is -5.93. The molecule has 48 heavy (non-hydrogen) atoms. The maximum atomic E-state index is 13.1. The minimum Gasteiger partial charge on any atom is -0.489 e. The number of ether oxygens (including phenoxy) is 1. The number of halogens is 6. The van der Waals surface area contributed by atoms with Gasteiger partial charge in [-0.3, -0.25) is 0 Å². The normalized spacial score (nSPS) is 15.1. The van der Waals surface area contributed by atoms with Gasteiger partial charge < -0.3 is 18.7 Å². The molecule has 2 rings (SSSR count). The van der Waals surface area contributed by atoms with E-state index in [2.05, 4.69) is 81.4 Å². The SMILES string of the molecule is CC/C(=C\C=C\C(O)(C(F)(F)F)C(F)(F)F)c1cccc(OCc2ccc(C(C)(C)O[SiH2]C(C)(C)C)c(C(C)(C)O[SiH2]C(C)(C)C)c2)c1. The Labute approximate surface area is 286 Å². The molecule has 0 fully saturated rings. The maximum Gasteiger partial charge on any atom is 0.430 e. The van der Waals surface area contributed by atoms with Crippen LogP contribution in [0, 0.1) is 0 Å². The van der Waals surface area contributed by atoms with Crippen LogP contribution in [-0.4, -0.2) is 42.6 Å². The van der Waals surface area contributed by atoms with Crippen LogP contribution in [0.2, 0.25) is 10.1 Å². The zero-order valence-corrected chi connectivity index (χ0v) is 32.9. The molecule has 0 amide bonds. The Morgan fingerprint density at radius 1 is 0.729 bits per heavy atom. The van der Waals surface area contributed by atoms with Gasteiger partial charge in [0.15, 0.2) is 19.5 Å². The molecule has 0 heterocycles. The highest BCUT2D eigenvalue weighted by Gasteiger charge is 2.68. The number of allylic oxidation sites excluding steroid dienone is 3. The van der Waals surface area contributed by atoms with Gasteiger partial charge in [-0.05, 0) is 96.3 Å². The van der Waals surface area contributed by atoms with Crippen molar-refractivity contribution >= 4 is 25.1 Å². The monoisotopic (exact) mass is 718 g/mol. The van der Waals surface area contributed by atoms with Crippen molar-refractivity contribution < 1.29 is 45.0 Å². The van der Waals surface area contributed by atoms with Crippen LogP contribution in [0.15, 0.2) is 60.7 Å². The van der Waals surface area contributed by atoms with E-state index in [1.807, 2.05) is 6.07 Å². The second-order valence-electron chi connectivity index (χ2n) is 15.6. The van der Waals surface area contributed by atoms with Crippen LogP contribution >= 0.6 is 0 Å². The molecule has 12 heteroatoms. The molecular formula is C36H52F6O4Si2. The van der Waals surface area contributed by atoms with Gasteiger partial charge in [0.2, 0.25) is 0 Å². The molecule has 0 radical (unpaired) electrons. The van der Waals surface area contributed by atoms with Crippen molar-refractivity contribution in [3.63, 3.8) is 0 Å². The van der Waals surface area contributed by atoms with E-state index >= 15 is 0 Å². The van der Waals surface area contributed by atoms with Crippen LogP contribution in [0.3, 0.4) is 0 Å². The predicted molar refractivity (Wildman–Crippen MR) is 186 cm³/mol. The van der Waals surface area contributed by atoms with Crippen molar-refractivity contribution in [3.05, 3.63) is 82.9 Å². The van der Waals surface area contributed by atoms with Gasteiger partial charge in [-0.2, -0.15) is 26.3 Å². The standard InChI is InChI=1S/C36H52F6O4Si2/c1-12-25(16-14-20-34(43,35(37,38)39)36(40,41)42)26-15-13-17-27(22-26)44-23-24-18-19-28(32(8,9)45-47-30(2,3)4)29(21-24)33(10,11)46-48-31(5,6)7/h13-22,43H,12,23,47-48H2,1-11H3/b20-14+,25-16+. The average Bonchev–Trinajstić information content (AvgIpc) is 2.94. The van der Waals surface area contributed by atoms with Gasteiger partial charge in [0.05, 0.1) is 11.2 Å². The van der Waals surface area contributed by atoms with Gasteiger partial charge >= 0.3 is 12.4 Å². The second kappa shape index (κ2) is 15.2. The Morgan fingerprint density at radius 2 is 1.25 bits per heavy atom. The van der Waals surface area contributed by atoms with Crippen LogP contribution in [0.1, 0.15) is 105 Å². The van der Waals surface area contributed by atoms with E-state index in [9.17, 15) is 31.4 Å². The summed E-state index contributed by atoms with van der Waals surface area (Å²) in [7, 11) is -1.76. The van der Waals surface area contributed by atoms with Gasteiger partial charge in [0, 0.05) is 0 Å². The minimum absolute atomic E-state index is 0.0911. The van der Waals surface area contributed by atoms with E-state index in [1.54, 1.807) is 31.2 Å². The zero-order valence-electron chi connectivity index (χ0n) is 30.0. The average molecular weight is 719 g/mol. The topological polar surface area (TPSA) is 47.9 Å². The highest BCUT2D eigenvalue weighted by atomic mass is 28.2. The van der Waals surface area contributed by atoms with E-state index in [0.29, 0.717) is 29.4 Å². The Hall–Kier alpha value is -2.39. The van der Waals surface area contributed by atoms with Crippen molar-refractivity contribution in [1.29, 1.82) is 0 Å². The maximum absolute atomic E-state index is 13.1. The Bertz CT molecular complexity index is 1420. The molecule has 0 aliphatic rings. The molecule has 4 nitrogen and oxygen atoms in total. The molecule has 0 saturated heterocycles. The highest BCUT2D eigenvalue weighted by Crippen LogP contribution is 2.44. The van der Waals surface area contributed by atoms with Gasteiger partial charge in [0.1, 0.15) is 12.4 Å². The van der Waals surface area contributed by atoms with E-state index in [1.165, 1.54) is 0 Å². The molecule has 0 spiro atoms. The summed E-state index contributed by atoms with van der Waals surface area (Å²) in [5.74, 6) is 0.471. The molecule has 1 N–H and O–H groups in total. The molecule has 0 atom stereocenters. The number of hydrogen-bond acceptors (Lipinski definition) is 4. The molecule has 0 aliphatic heterocycles. The molecule has 0 aromatic heterocycles. The molecule has 0 aliphatic carbocycles. The first-order valence-electron chi connectivity index (χ1n) is 16.0. The van der Waals surface area contributed by atoms with Crippen molar-refractivity contribution in [1.82, 2.24) is 0 Å². The molecule has 0 bridgehead atoms. The Kier molecular flexibility index (Phi) is 13.3. The highest BCUT2D eigenvalue weighted by molar-refractivity contribution is 6.32. The van der Waals surface area contributed by atoms with Crippen LogP contribution in [0.25, 0.3) is 5.57 Å². The fourth-order valence-electron chi connectivity index (χ4n) is 4.68. The van der Waals surface area contributed by atoms with Gasteiger partial charge in [-0.25, -0.2) is 0 Å². The summed E-state index contributed by atoms with van der Waals surface area (Å²) in [6, 6.07) is 12.9. The van der Waals surface area contributed by atoms with Crippen molar-refractivity contribution in [3.8, 4) is 5.75 Å². The third-order valence-corrected chi connectivity index (χ3v) is 11.1. The molecule has 2 aromatic rings. The van der Waals surface area contributed by atoms with Crippen molar-refractivity contribution in [2.45, 2.75) is 128 Å². The Morgan fingerprint density at radius 3 is 1.73 bits per heavy atom. The number of alkyl halides is 6. The lowest BCUT2D eigenvalue weighted by atomic mass is 9.84. The summed E-state index contributed by atoms with van der Waals surface area (Å²) in [6.07, 6.45) is -10.1. The summed E-state index contributed by atoms with van der Waals surface area (Å²) < 4.78 is 97.8. The fraction of sp³-hybridized carbons (Fsp3) is 0.556. The molecule has 0 unspecified atom stereocenters. The van der Waals surface area contributed by atoms with E-state index < -0.39 is 48.7 Å². The lowest BCUT2D eigenvalue weighted by molar-refractivity contribution is -0.347. The van der Waals surface area contributed by atoms with E-state index in [-0.39, 0.29) is 22.8 Å². The summed E-state index contributed by atoms with van der Waals surface area (Å²) in [5.41, 5.74) is -2.12. The molecule has 270 valence electrons. The fourth-order valence-corrected chi connectivity index (χ4v) is 6.58. The van der Waals surface area contributed by atoms with Crippen molar-refractivity contribution in [2.75, 3.05) is 0 Å². The van der Waals surface area contributed by atoms with Crippen LogP contribution in [0.4, 0.5) is 26.3 Å². The summed E-state index contributed by atoms with van der Waals surface area (Å²) in [6.45, 7) is 23.3. The number of rotatable bonds is 13. The smallest absolute Gasteiger partial charge is 0.430 e. The second-order valence-corrected chi connectivity index (χ2v) is 21.0. The third-order valence-electron chi connectivity index (χ3n) is 7.60. The van der Waals surface area contributed by atoms with Crippen LogP contribution in [0.5, 0.6) is 5.75 Å². The molecule has 2 aromatic carbocycles. The first-order valence-corrected chi connectivity index (χ1v) is 18.6. The van der Waals surface area contributed by atoms with E-state index in [0.717, 1.165) is 22.8 Å². The zero-order chi connectivity index (χ0) is 37.0. The van der Waals surface area contributed by atoms with Crippen LogP contribution < -0.4 is 4.74 Å². The lowest BCUT2D eigenvalue weighted by Gasteiger charge is -2.38. The van der Waals surface area contributed by atoms with E-state index in [4.69, 9.17) is 13.6 Å². The number of benzene rings is 2. The van der Waals surface area contributed by atoms with Gasteiger partial charge in [0.25, 0.3) is 5.60 Å². The largest absolute Gasteiger partial charge is 0.489 e. The Balaban J connectivity index is 2.41. The first-order chi connectivity index (χ1) is 21.6. The molecular weight excluding hydrogens is 667 g/mol.